The Morgan fingerprint density at radius 1 is 0.705 bits per heavy atom. The summed E-state index contributed by atoms with van der Waals surface area (Å²) >= 11 is 0. The molecule has 0 aliphatic heterocycles. The first-order valence-corrected chi connectivity index (χ1v) is 22.3. The number of carbonyl (C=O) groups is 6. The molecule has 0 heterocycles. The molecule has 61 heavy (non-hydrogen) atoms. The van der Waals surface area contributed by atoms with Gasteiger partial charge in [0.2, 0.25) is 0 Å². The van der Waals surface area contributed by atoms with E-state index < -0.39 is 82.7 Å². The summed E-state index contributed by atoms with van der Waals surface area (Å²) in [6, 6.07) is 0. The number of allylic oxidation sites excluding steroid dienone is 2. The molecule has 13 heteroatoms. The average Bonchev–Trinajstić information content (AvgIpc) is 3.37. The maximum atomic E-state index is 13.5. The molecule has 3 saturated carbocycles. The number of fused-ring (bicyclic) bond motifs is 5. The van der Waals surface area contributed by atoms with Crippen molar-refractivity contribution in [1.82, 2.24) is 0 Å². The van der Waals surface area contributed by atoms with E-state index in [4.69, 9.17) is 14.2 Å². The molecule has 0 aromatic heterocycles. The van der Waals surface area contributed by atoms with Crippen LogP contribution in [0.3, 0.4) is 0 Å². The largest absolute Gasteiger partial charge is 0.481 e. The van der Waals surface area contributed by atoms with E-state index in [1.165, 1.54) is 61.0 Å². The SMILES string of the molecule is CC(C[C@@H](OC(=O)CC(C)(C)C(=O)O)[C@H](OC(=O)CC(C)(C)C(=O)O)C(C)(C)O)[C@@H]1CC[C@]2(C)C3=CCC4C(C)(C)C(OC(=O)CC(C)(C)C(=O)O)CC[C@]4(C)C3CC[C@@]12C. The number of hydrogen-bond acceptors (Lipinski definition) is 10. The lowest BCUT2D eigenvalue weighted by Gasteiger charge is -2.64. The standard InChI is InChI=1S/C48H76O13/c1-27(23-31(59-34(49)24-41(2,3)38(52)53)37(45(10,11)58)61-36(51)26-43(6,7)40(56)57)28-17-21-48(14)30-15-16-32-44(8,9)33(60-35(50)25-42(4,5)39(54)55)19-20-46(32,12)29(30)18-22-47(28,48)13/h15,27-29,31-33,37,58H,16-26H2,1-14H3,(H,52,53)(H,54,55)(H,56,57)/t27?,28-,29?,31+,32?,33?,37-,46+,47-,48+/m0/s1. The van der Waals surface area contributed by atoms with Crippen LogP contribution >= 0.6 is 0 Å². The van der Waals surface area contributed by atoms with Crippen LogP contribution in [0.1, 0.15) is 168 Å². The van der Waals surface area contributed by atoms with E-state index >= 15 is 0 Å². The summed E-state index contributed by atoms with van der Waals surface area (Å²) in [5.74, 6) is -4.98. The molecule has 0 spiro atoms. The second-order valence-electron chi connectivity index (χ2n) is 23.2. The summed E-state index contributed by atoms with van der Waals surface area (Å²) in [6.07, 6.45) is 4.81. The second kappa shape index (κ2) is 16.9. The van der Waals surface area contributed by atoms with Crippen molar-refractivity contribution in [3.8, 4) is 0 Å². The number of rotatable bonds is 17. The lowest BCUT2D eigenvalue weighted by atomic mass is 9.41. The quantitative estimate of drug-likeness (QED) is 0.0614. The average molecular weight is 861 g/mol. The number of carbonyl (C=O) groups excluding carboxylic acids is 3. The minimum atomic E-state index is -1.72. The van der Waals surface area contributed by atoms with Crippen LogP contribution in [0.4, 0.5) is 0 Å². The monoisotopic (exact) mass is 861 g/mol. The number of hydrogen-bond donors (Lipinski definition) is 4. The number of ether oxygens (including phenoxy) is 3. The van der Waals surface area contributed by atoms with E-state index in [0.717, 1.165) is 38.5 Å². The van der Waals surface area contributed by atoms with Crippen LogP contribution in [0.2, 0.25) is 0 Å². The predicted octanol–water partition coefficient (Wildman–Crippen LogP) is 8.63. The summed E-state index contributed by atoms with van der Waals surface area (Å²) < 4.78 is 18.0. The molecule has 0 saturated heterocycles. The van der Waals surface area contributed by atoms with Crippen LogP contribution in [0.15, 0.2) is 11.6 Å². The third-order valence-corrected chi connectivity index (χ3v) is 16.5. The Bertz CT molecular complexity index is 1770. The van der Waals surface area contributed by atoms with Crippen molar-refractivity contribution >= 4 is 35.8 Å². The van der Waals surface area contributed by atoms with Crippen molar-refractivity contribution in [2.45, 2.75) is 191 Å². The maximum absolute atomic E-state index is 13.5. The first-order chi connectivity index (χ1) is 27.6. The van der Waals surface area contributed by atoms with E-state index in [1.807, 2.05) is 0 Å². The summed E-state index contributed by atoms with van der Waals surface area (Å²) in [5, 5.41) is 40.5. The van der Waals surface area contributed by atoms with Gasteiger partial charge in [0.1, 0.15) is 12.2 Å². The molecule has 0 bridgehead atoms. The van der Waals surface area contributed by atoms with Gasteiger partial charge >= 0.3 is 35.8 Å². The molecule has 0 aromatic carbocycles. The van der Waals surface area contributed by atoms with Gasteiger partial charge in [-0.2, -0.15) is 0 Å². The molecule has 0 amide bonds. The fourth-order valence-corrected chi connectivity index (χ4v) is 12.2. The van der Waals surface area contributed by atoms with Gasteiger partial charge in [0, 0.05) is 5.41 Å². The molecule has 0 aromatic rings. The van der Waals surface area contributed by atoms with Gasteiger partial charge in [0.05, 0.1) is 41.1 Å². The molecule has 346 valence electrons. The Morgan fingerprint density at radius 3 is 1.69 bits per heavy atom. The lowest BCUT2D eigenvalue weighted by Crippen LogP contribution is -2.58. The van der Waals surface area contributed by atoms with Crippen LogP contribution in [0.5, 0.6) is 0 Å². The summed E-state index contributed by atoms with van der Waals surface area (Å²) in [5.41, 5.74) is -5.07. The fraction of sp³-hybridized carbons (Fsp3) is 0.833. The van der Waals surface area contributed by atoms with Crippen LogP contribution < -0.4 is 0 Å². The highest BCUT2D eigenvalue weighted by atomic mass is 16.6. The van der Waals surface area contributed by atoms with Crippen LogP contribution in [0, 0.1) is 61.6 Å². The van der Waals surface area contributed by atoms with Gasteiger partial charge in [0.25, 0.3) is 0 Å². The smallest absolute Gasteiger partial charge is 0.309 e. The van der Waals surface area contributed by atoms with Gasteiger partial charge in [-0.25, -0.2) is 0 Å². The van der Waals surface area contributed by atoms with Crippen molar-refractivity contribution in [3.63, 3.8) is 0 Å². The highest BCUT2D eigenvalue weighted by molar-refractivity contribution is 5.83. The molecule has 4 aliphatic rings. The maximum Gasteiger partial charge on any atom is 0.309 e. The molecule has 4 N–H and O–H groups in total. The zero-order valence-corrected chi connectivity index (χ0v) is 39.4. The van der Waals surface area contributed by atoms with Crippen LogP contribution in [0.25, 0.3) is 0 Å². The van der Waals surface area contributed by atoms with Gasteiger partial charge in [-0.15, -0.1) is 0 Å². The minimum Gasteiger partial charge on any atom is -0.481 e. The predicted molar refractivity (Wildman–Crippen MR) is 227 cm³/mol. The second-order valence-corrected chi connectivity index (χ2v) is 23.2. The Labute approximate surface area is 363 Å². The summed E-state index contributed by atoms with van der Waals surface area (Å²) in [7, 11) is 0. The first kappa shape index (κ1) is 50.2. The Kier molecular flexibility index (Phi) is 13.9. The molecule has 4 rings (SSSR count). The van der Waals surface area contributed by atoms with Crippen molar-refractivity contribution in [2.75, 3.05) is 0 Å². The third kappa shape index (κ3) is 9.71. The summed E-state index contributed by atoms with van der Waals surface area (Å²) in [6.45, 7) is 25.2. The van der Waals surface area contributed by atoms with Gasteiger partial charge in [-0.3, -0.25) is 28.8 Å². The Balaban J connectivity index is 1.62. The van der Waals surface area contributed by atoms with Crippen molar-refractivity contribution in [1.29, 1.82) is 0 Å². The number of carboxylic acid groups (broad SMARTS) is 3. The van der Waals surface area contributed by atoms with Crippen molar-refractivity contribution < 1.29 is 63.4 Å². The molecule has 3 fully saturated rings. The third-order valence-electron chi connectivity index (χ3n) is 16.5. The van der Waals surface area contributed by atoms with Gasteiger partial charge < -0.3 is 34.6 Å². The Morgan fingerprint density at radius 2 is 1.20 bits per heavy atom. The first-order valence-electron chi connectivity index (χ1n) is 22.3. The molecule has 13 nitrogen and oxygen atoms in total. The zero-order valence-electron chi connectivity index (χ0n) is 39.4. The minimum absolute atomic E-state index is 0.0487. The van der Waals surface area contributed by atoms with Gasteiger partial charge in [0.15, 0.2) is 6.10 Å². The van der Waals surface area contributed by atoms with Crippen molar-refractivity contribution in [2.24, 2.45) is 61.6 Å². The normalized spacial score (nSPS) is 31.5. The molecule has 4 aliphatic carbocycles. The fourth-order valence-electron chi connectivity index (χ4n) is 12.2. The molecular weight excluding hydrogens is 785 g/mol. The van der Waals surface area contributed by atoms with E-state index in [9.17, 15) is 49.2 Å². The molecule has 4 unspecified atom stereocenters. The van der Waals surface area contributed by atoms with Gasteiger partial charge in [-0.05, 0) is 147 Å². The number of aliphatic hydroxyl groups is 1. The Hall–Kier alpha value is -3.48. The zero-order chi connectivity index (χ0) is 46.7. The van der Waals surface area contributed by atoms with Crippen molar-refractivity contribution in [3.05, 3.63) is 11.6 Å². The van der Waals surface area contributed by atoms with Crippen LogP contribution in [-0.4, -0.2) is 80.2 Å². The van der Waals surface area contributed by atoms with E-state index in [0.29, 0.717) is 12.3 Å². The van der Waals surface area contributed by atoms with Gasteiger partial charge in [-0.1, -0.05) is 53.2 Å². The van der Waals surface area contributed by atoms with E-state index in [-0.39, 0.29) is 58.4 Å². The number of carboxylic acids is 3. The highest BCUT2D eigenvalue weighted by Gasteiger charge is 2.66. The highest BCUT2D eigenvalue weighted by Crippen LogP contribution is 2.73. The lowest BCUT2D eigenvalue weighted by molar-refractivity contribution is -0.193. The molecular formula is C48H76O13. The van der Waals surface area contributed by atoms with Crippen LogP contribution in [-0.2, 0) is 43.0 Å². The topological polar surface area (TPSA) is 211 Å². The van der Waals surface area contributed by atoms with E-state index in [2.05, 4.69) is 47.6 Å². The molecule has 0 radical (unpaired) electrons. The van der Waals surface area contributed by atoms with E-state index in [1.54, 1.807) is 0 Å². The summed E-state index contributed by atoms with van der Waals surface area (Å²) in [4.78, 5) is 75.5. The number of aliphatic carboxylic acids is 3. The number of esters is 3. The molecule has 10 atom stereocenters.